The molecule has 0 aromatic heterocycles. The Morgan fingerprint density at radius 2 is 1.82 bits per heavy atom. The SMILES string of the molecule is O=C1/C(=C/C=C2\Oc3ccc(Cl)cc3N2CCCS(=O)(=O)O)N(CCOCCO)C(=S)N1c1ccccc1. The Morgan fingerprint density at radius 1 is 1.05 bits per heavy atom. The van der Waals surface area contributed by atoms with Gasteiger partial charge in [0.05, 0.1) is 36.9 Å². The number of thiocarbonyl (C=S) groups is 1. The molecule has 0 spiro atoms. The number of fused-ring (bicyclic) bond motifs is 1. The first kappa shape index (κ1) is 28.0. The fourth-order valence-corrected chi connectivity index (χ4v) is 5.07. The van der Waals surface area contributed by atoms with E-state index >= 15 is 0 Å². The molecule has 1 fully saturated rings. The van der Waals surface area contributed by atoms with E-state index in [4.69, 9.17) is 43.0 Å². The molecule has 0 radical (unpaired) electrons. The Bertz CT molecular complexity index is 1370. The van der Waals surface area contributed by atoms with Crippen molar-refractivity contribution < 1.29 is 32.3 Å². The summed E-state index contributed by atoms with van der Waals surface area (Å²) < 4.78 is 43.0. The van der Waals surface area contributed by atoms with Gasteiger partial charge in [0, 0.05) is 24.2 Å². The van der Waals surface area contributed by atoms with Crippen molar-refractivity contribution in [2.75, 3.05) is 48.5 Å². The maximum absolute atomic E-state index is 13.5. The zero-order chi connectivity index (χ0) is 27.3. The van der Waals surface area contributed by atoms with Crippen LogP contribution in [0.15, 0.2) is 72.3 Å². The number of aliphatic hydroxyl groups is 1. The molecule has 202 valence electrons. The lowest BCUT2D eigenvalue weighted by atomic mass is 10.2. The number of anilines is 2. The van der Waals surface area contributed by atoms with Crippen molar-refractivity contribution >= 4 is 56.3 Å². The minimum Gasteiger partial charge on any atom is -0.439 e. The fourth-order valence-electron chi connectivity index (χ4n) is 4.03. The number of carbonyl (C=O) groups is 1. The van der Waals surface area contributed by atoms with Gasteiger partial charge in [-0.05, 0) is 55.0 Å². The van der Waals surface area contributed by atoms with E-state index in [1.54, 1.807) is 52.3 Å². The van der Waals surface area contributed by atoms with Crippen molar-refractivity contribution in [1.82, 2.24) is 4.90 Å². The highest BCUT2D eigenvalue weighted by Gasteiger charge is 2.38. The van der Waals surface area contributed by atoms with Gasteiger partial charge >= 0.3 is 0 Å². The summed E-state index contributed by atoms with van der Waals surface area (Å²) in [5, 5.41) is 9.75. The molecule has 2 aromatic carbocycles. The second kappa shape index (κ2) is 12.2. The molecule has 2 N–H and O–H groups in total. The Balaban J connectivity index is 1.65. The van der Waals surface area contributed by atoms with Crippen LogP contribution in [0, 0.1) is 0 Å². The predicted molar refractivity (Wildman–Crippen MR) is 148 cm³/mol. The summed E-state index contributed by atoms with van der Waals surface area (Å²) in [6.45, 7) is 0.755. The average molecular weight is 580 g/mol. The van der Waals surface area contributed by atoms with Crippen molar-refractivity contribution in [3.05, 3.63) is 77.3 Å². The molecule has 1 saturated heterocycles. The molecular formula is C25H26ClN3O7S2. The standard InChI is InChI=1S/C25H26ClN3O7S2/c26-18-7-9-22-21(17-18)27(11-4-16-38(32,33)34)23(36-22)10-8-20-24(31)29(19-5-2-1-3-6-19)25(37)28(20)12-14-35-15-13-30/h1-3,5-10,17,30H,4,11-16H2,(H,32,33,34)/b20-8-,23-10-. The lowest BCUT2D eigenvalue weighted by molar-refractivity contribution is -0.114. The van der Waals surface area contributed by atoms with Crippen molar-refractivity contribution in [1.29, 1.82) is 0 Å². The minimum absolute atomic E-state index is 0.121. The van der Waals surface area contributed by atoms with Gasteiger partial charge in [0.25, 0.3) is 16.0 Å². The van der Waals surface area contributed by atoms with Crippen LogP contribution < -0.4 is 14.5 Å². The van der Waals surface area contributed by atoms with Crippen LogP contribution >= 0.6 is 23.8 Å². The van der Waals surface area contributed by atoms with Gasteiger partial charge in [-0.3, -0.25) is 14.2 Å². The van der Waals surface area contributed by atoms with E-state index in [0.29, 0.717) is 28.0 Å². The highest BCUT2D eigenvalue weighted by molar-refractivity contribution is 7.85. The molecule has 38 heavy (non-hydrogen) atoms. The van der Waals surface area contributed by atoms with E-state index in [1.807, 2.05) is 18.2 Å². The highest BCUT2D eigenvalue weighted by atomic mass is 35.5. The molecule has 0 unspecified atom stereocenters. The Morgan fingerprint density at radius 3 is 2.53 bits per heavy atom. The Hall–Kier alpha value is -3.00. The summed E-state index contributed by atoms with van der Waals surface area (Å²) in [5.74, 6) is 0.100. The van der Waals surface area contributed by atoms with Gasteiger partial charge in [-0.25, -0.2) is 0 Å². The summed E-state index contributed by atoms with van der Waals surface area (Å²) in [6.07, 6.45) is 3.32. The molecule has 0 saturated carbocycles. The molecule has 0 atom stereocenters. The van der Waals surface area contributed by atoms with Crippen LogP contribution in [0.3, 0.4) is 0 Å². The normalized spacial score (nSPS) is 17.6. The van der Waals surface area contributed by atoms with Crippen molar-refractivity contribution in [3.63, 3.8) is 0 Å². The third-order valence-corrected chi connectivity index (χ3v) is 7.15. The number of allylic oxidation sites excluding steroid dienone is 2. The van der Waals surface area contributed by atoms with Gasteiger partial charge in [0.2, 0.25) is 5.88 Å². The molecule has 10 nitrogen and oxygen atoms in total. The molecule has 13 heteroatoms. The lowest BCUT2D eigenvalue weighted by Gasteiger charge is -2.20. The first-order valence-corrected chi connectivity index (χ1v) is 14.1. The maximum Gasteiger partial charge on any atom is 0.281 e. The zero-order valence-electron chi connectivity index (χ0n) is 20.2. The quantitative estimate of drug-likeness (QED) is 0.178. The Labute approximate surface area is 231 Å². The monoisotopic (exact) mass is 579 g/mol. The van der Waals surface area contributed by atoms with Crippen LogP contribution in [0.4, 0.5) is 11.4 Å². The minimum atomic E-state index is -4.13. The molecule has 4 rings (SSSR count). The average Bonchev–Trinajstić information content (AvgIpc) is 3.33. The number of halogens is 1. The van der Waals surface area contributed by atoms with Crippen LogP contribution in [0.5, 0.6) is 5.75 Å². The van der Waals surface area contributed by atoms with E-state index in [2.05, 4.69) is 0 Å². The van der Waals surface area contributed by atoms with Crippen LogP contribution in [0.2, 0.25) is 5.02 Å². The van der Waals surface area contributed by atoms with Crippen LogP contribution in [0.25, 0.3) is 0 Å². The number of amides is 1. The van der Waals surface area contributed by atoms with Crippen molar-refractivity contribution in [2.24, 2.45) is 0 Å². The summed E-state index contributed by atoms with van der Waals surface area (Å²) >= 11 is 11.8. The number of hydrogen-bond acceptors (Lipinski definition) is 8. The topological polar surface area (TPSA) is 120 Å². The summed E-state index contributed by atoms with van der Waals surface area (Å²) in [7, 11) is -4.13. The van der Waals surface area contributed by atoms with Crippen molar-refractivity contribution in [3.8, 4) is 5.75 Å². The molecule has 2 aromatic rings. The second-order valence-corrected chi connectivity index (χ2v) is 10.7. The molecule has 1 amide bonds. The summed E-state index contributed by atoms with van der Waals surface area (Å²) in [5.41, 5.74) is 1.53. The van der Waals surface area contributed by atoms with Gasteiger partial charge < -0.3 is 24.4 Å². The third kappa shape index (κ3) is 6.52. The van der Waals surface area contributed by atoms with E-state index in [-0.39, 0.29) is 56.0 Å². The van der Waals surface area contributed by atoms with Crippen LogP contribution in [-0.4, -0.2) is 72.7 Å². The maximum atomic E-state index is 13.5. The predicted octanol–water partition coefficient (Wildman–Crippen LogP) is 3.18. The number of hydrogen-bond donors (Lipinski definition) is 2. The molecule has 0 bridgehead atoms. The van der Waals surface area contributed by atoms with Gasteiger partial charge in [-0.1, -0.05) is 29.8 Å². The van der Waals surface area contributed by atoms with Gasteiger partial charge in [0.15, 0.2) is 10.9 Å². The Kier molecular flexibility index (Phi) is 9.03. The van der Waals surface area contributed by atoms with E-state index in [1.165, 1.54) is 4.90 Å². The number of benzene rings is 2. The fraction of sp³-hybridized carbons (Fsp3) is 0.280. The van der Waals surface area contributed by atoms with Crippen LogP contribution in [0.1, 0.15) is 6.42 Å². The van der Waals surface area contributed by atoms with E-state index in [0.717, 1.165) is 0 Å². The number of rotatable bonds is 11. The van der Waals surface area contributed by atoms with Crippen molar-refractivity contribution in [2.45, 2.75) is 6.42 Å². The molecule has 2 heterocycles. The van der Waals surface area contributed by atoms with E-state index < -0.39 is 15.9 Å². The van der Waals surface area contributed by atoms with E-state index in [9.17, 15) is 13.2 Å². The third-order valence-electron chi connectivity index (χ3n) is 5.70. The first-order chi connectivity index (χ1) is 18.2. The molecule has 2 aliphatic rings. The van der Waals surface area contributed by atoms with Gasteiger partial charge in [-0.2, -0.15) is 8.42 Å². The summed E-state index contributed by atoms with van der Waals surface area (Å²) in [4.78, 5) is 18.3. The number of nitrogens with zero attached hydrogens (tertiary/aromatic N) is 3. The first-order valence-electron chi connectivity index (χ1n) is 11.7. The zero-order valence-corrected chi connectivity index (χ0v) is 22.6. The number of para-hydroxylation sites is 1. The highest BCUT2D eigenvalue weighted by Crippen LogP contribution is 2.41. The van der Waals surface area contributed by atoms with Gasteiger partial charge in [0.1, 0.15) is 5.70 Å². The largest absolute Gasteiger partial charge is 0.439 e. The number of ether oxygens (including phenoxy) is 2. The van der Waals surface area contributed by atoms with Crippen LogP contribution in [-0.2, 0) is 19.6 Å². The number of aliphatic hydroxyl groups excluding tert-OH is 1. The molecule has 2 aliphatic heterocycles. The second-order valence-electron chi connectivity index (χ2n) is 8.31. The molecule has 0 aliphatic carbocycles. The lowest BCUT2D eigenvalue weighted by Crippen LogP contribution is -2.34. The summed E-state index contributed by atoms with van der Waals surface area (Å²) in [6, 6.07) is 14.1. The molecular weight excluding hydrogens is 554 g/mol. The number of carbonyl (C=O) groups excluding carboxylic acids is 1. The van der Waals surface area contributed by atoms with Gasteiger partial charge in [-0.15, -0.1) is 0 Å². The smallest absolute Gasteiger partial charge is 0.281 e.